The summed E-state index contributed by atoms with van der Waals surface area (Å²) in [5, 5.41) is 0. The van der Waals surface area contributed by atoms with Crippen LogP contribution in [0.25, 0.3) is 0 Å². The van der Waals surface area contributed by atoms with Gasteiger partial charge < -0.3 is 4.90 Å². The molecule has 23 heavy (non-hydrogen) atoms. The largest absolute Gasteiger partial charge is 0.340 e. The number of rotatable bonds is 3. The molecule has 0 bridgehead atoms. The molecule has 2 unspecified atom stereocenters. The van der Waals surface area contributed by atoms with Crippen LogP contribution >= 0.6 is 0 Å². The third-order valence-electron chi connectivity index (χ3n) is 5.88. The number of benzene rings is 1. The molecule has 3 nitrogen and oxygen atoms in total. The molecule has 3 fully saturated rings. The molecule has 3 aliphatic rings. The molecule has 2 saturated carbocycles. The van der Waals surface area contributed by atoms with Gasteiger partial charge in [-0.05, 0) is 36.8 Å². The number of carbonyl (C=O) groups is 1. The van der Waals surface area contributed by atoms with E-state index in [1.54, 1.807) is 6.07 Å². The summed E-state index contributed by atoms with van der Waals surface area (Å²) in [5.41, 5.74) is 0.718. The molecular formula is C19H25FN2O. The highest BCUT2D eigenvalue weighted by molar-refractivity contribution is 5.83. The summed E-state index contributed by atoms with van der Waals surface area (Å²) in [6.45, 7) is 3.70. The Morgan fingerprint density at radius 1 is 1.04 bits per heavy atom. The minimum Gasteiger partial charge on any atom is -0.340 e. The summed E-state index contributed by atoms with van der Waals surface area (Å²) in [4.78, 5) is 17.2. The molecule has 2 atom stereocenters. The van der Waals surface area contributed by atoms with Gasteiger partial charge in [-0.1, -0.05) is 31.0 Å². The summed E-state index contributed by atoms with van der Waals surface area (Å²) in [6, 6.07) is 7.64. The molecule has 1 aromatic carbocycles. The zero-order chi connectivity index (χ0) is 15.8. The van der Waals surface area contributed by atoms with E-state index >= 15 is 0 Å². The first-order valence-electron chi connectivity index (χ1n) is 9.01. The lowest BCUT2D eigenvalue weighted by Gasteiger charge is -2.38. The minimum atomic E-state index is -0.168. The molecular weight excluding hydrogens is 291 g/mol. The molecule has 1 aliphatic heterocycles. The average Bonchev–Trinajstić information content (AvgIpc) is 3.18. The van der Waals surface area contributed by atoms with Crippen LogP contribution < -0.4 is 0 Å². The maximum Gasteiger partial charge on any atom is 0.226 e. The second kappa shape index (κ2) is 6.23. The number of nitrogens with zero attached hydrogens (tertiary/aromatic N) is 2. The van der Waals surface area contributed by atoms with Crippen LogP contribution in [-0.4, -0.2) is 47.9 Å². The van der Waals surface area contributed by atoms with Crippen molar-refractivity contribution in [2.75, 3.05) is 26.2 Å². The van der Waals surface area contributed by atoms with Crippen molar-refractivity contribution in [2.24, 2.45) is 5.92 Å². The fourth-order valence-electron chi connectivity index (χ4n) is 4.40. The van der Waals surface area contributed by atoms with E-state index in [-0.39, 0.29) is 23.6 Å². The van der Waals surface area contributed by atoms with Crippen LogP contribution in [0.2, 0.25) is 0 Å². The van der Waals surface area contributed by atoms with Crippen LogP contribution in [0, 0.1) is 11.7 Å². The predicted octanol–water partition coefficient (Wildman–Crippen LogP) is 3.02. The molecule has 0 aromatic heterocycles. The van der Waals surface area contributed by atoms with Gasteiger partial charge in [0.25, 0.3) is 0 Å². The Labute approximate surface area is 137 Å². The zero-order valence-corrected chi connectivity index (χ0v) is 13.6. The monoisotopic (exact) mass is 316 g/mol. The van der Waals surface area contributed by atoms with Crippen molar-refractivity contribution in [1.29, 1.82) is 0 Å². The first-order valence-corrected chi connectivity index (χ1v) is 9.01. The molecule has 124 valence electrons. The van der Waals surface area contributed by atoms with Crippen molar-refractivity contribution in [2.45, 2.75) is 44.1 Å². The Kier molecular flexibility index (Phi) is 4.10. The fraction of sp³-hybridized carbons (Fsp3) is 0.632. The molecule has 0 radical (unpaired) electrons. The number of hydrogen-bond donors (Lipinski definition) is 0. The number of carbonyl (C=O) groups excluding carboxylic acids is 1. The second-order valence-electron chi connectivity index (χ2n) is 7.27. The van der Waals surface area contributed by atoms with E-state index < -0.39 is 0 Å². The highest BCUT2D eigenvalue weighted by Crippen LogP contribution is 2.49. The SMILES string of the molecule is O=C(C1CC1c1ccccc1F)N1CCN(C2CCCC2)CC1. The van der Waals surface area contributed by atoms with E-state index in [0.717, 1.165) is 44.2 Å². The normalized spacial score (nSPS) is 29.0. The van der Waals surface area contributed by atoms with Crippen LogP contribution in [0.1, 0.15) is 43.6 Å². The van der Waals surface area contributed by atoms with Crippen molar-refractivity contribution in [1.82, 2.24) is 9.80 Å². The van der Waals surface area contributed by atoms with Crippen molar-refractivity contribution < 1.29 is 9.18 Å². The Morgan fingerprint density at radius 2 is 1.74 bits per heavy atom. The molecule has 1 amide bonds. The van der Waals surface area contributed by atoms with E-state index in [0.29, 0.717) is 0 Å². The van der Waals surface area contributed by atoms with Crippen LogP contribution in [0.5, 0.6) is 0 Å². The van der Waals surface area contributed by atoms with Crippen LogP contribution in [0.3, 0.4) is 0 Å². The standard InChI is InChI=1S/C19H25FN2O/c20-18-8-4-3-7-15(18)16-13-17(16)19(23)22-11-9-21(10-12-22)14-5-1-2-6-14/h3-4,7-8,14,16-17H,1-2,5-6,9-13H2. The lowest BCUT2D eigenvalue weighted by atomic mass is 10.1. The molecule has 1 aromatic rings. The summed E-state index contributed by atoms with van der Waals surface area (Å²) in [6.07, 6.45) is 6.17. The van der Waals surface area contributed by atoms with Gasteiger partial charge in [-0.15, -0.1) is 0 Å². The lowest BCUT2D eigenvalue weighted by molar-refractivity contribution is -0.134. The molecule has 0 N–H and O–H groups in total. The van der Waals surface area contributed by atoms with Gasteiger partial charge in [-0.3, -0.25) is 9.69 Å². The number of amides is 1. The van der Waals surface area contributed by atoms with Crippen LogP contribution in [0.4, 0.5) is 4.39 Å². The summed E-state index contributed by atoms with van der Waals surface area (Å²) in [5.74, 6) is 0.171. The van der Waals surface area contributed by atoms with Gasteiger partial charge in [-0.25, -0.2) is 4.39 Å². The van der Waals surface area contributed by atoms with Crippen molar-refractivity contribution in [3.8, 4) is 0 Å². The molecule has 1 heterocycles. The van der Waals surface area contributed by atoms with E-state index in [1.165, 1.54) is 31.7 Å². The Bertz CT molecular complexity index is 576. The van der Waals surface area contributed by atoms with Gasteiger partial charge in [0.2, 0.25) is 5.91 Å². The molecule has 1 saturated heterocycles. The second-order valence-corrected chi connectivity index (χ2v) is 7.27. The quantitative estimate of drug-likeness (QED) is 0.856. The van der Waals surface area contributed by atoms with Crippen molar-refractivity contribution in [3.05, 3.63) is 35.6 Å². The first-order chi connectivity index (χ1) is 11.2. The van der Waals surface area contributed by atoms with Gasteiger partial charge in [0, 0.05) is 38.1 Å². The van der Waals surface area contributed by atoms with Crippen LogP contribution in [0.15, 0.2) is 24.3 Å². The number of halogens is 1. The molecule has 4 rings (SSSR count). The van der Waals surface area contributed by atoms with E-state index in [9.17, 15) is 9.18 Å². The Balaban J connectivity index is 1.32. The number of hydrogen-bond acceptors (Lipinski definition) is 2. The van der Waals surface area contributed by atoms with Gasteiger partial charge in [0.05, 0.1) is 0 Å². The molecule has 0 spiro atoms. The zero-order valence-electron chi connectivity index (χ0n) is 13.6. The van der Waals surface area contributed by atoms with Gasteiger partial charge in [-0.2, -0.15) is 0 Å². The smallest absolute Gasteiger partial charge is 0.226 e. The summed E-state index contributed by atoms with van der Waals surface area (Å²) >= 11 is 0. The average molecular weight is 316 g/mol. The summed E-state index contributed by atoms with van der Waals surface area (Å²) < 4.78 is 13.9. The van der Waals surface area contributed by atoms with Gasteiger partial charge in [0.1, 0.15) is 5.82 Å². The number of piperazine rings is 1. The highest BCUT2D eigenvalue weighted by Gasteiger charge is 2.47. The first kappa shape index (κ1) is 15.1. The van der Waals surface area contributed by atoms with Gasteiger partial charge >= 0.3 is 0 Å². The Hall–Kier alpha value is -1.42. The maximum absolute atomic E-state index is 13.9. The van der Waals surface area contributed by atoms with E-state index in [1.807, 2.05) is 17.0 Å². The van der Waals surface area contributed by atoms with Crippen LogP contribution in [-0.2, 0) is 4.79 Å². The molecule has 2 aliphatic carbocycles. The lowest BCUT2D eigenvalue weighted by Crippen LogP contribution is -2.51. The van der Waals surface area contributed by atoms with E-state index in [2.05, 4.69) is 4.90 Å². The van der Waals surface area contributed by atoms with E-state index in [4.69, 9.17) is 0 Å². The highest BCUT2D eigenvalue weighted by atomic mass is 19.1. The topological polar surface area (TPSA) is 23.6 Å². The Morgan fingerprint density at radius 3 is 2.43 bits per heavy atom. The van der Waals surface area contributed by atoms with Crippen molar-refractivity contribution >= 4 is 5.91 Å². The minimum absolute atomic E-state index is 0.00457. The van der Waals surface area contributed by atoms with Gasteiger partial charge in [0.15, 0.2) is 0 Å². The predicted molar refractivity (Wildman–Crippen MR) is 87.7 cm³/mol. The van der Waals surface area contributed by atoms with Crippen molar-refractivity contribution in [3.63, 3.8) is 0 Å². The molecule has 4 heteroatoms. The third kappa shape index (κ3) is 3.01. The third-order valence-corrected chi connectivity index (χ3v) is 5.88. The fourth-order valence-corrected chi connectivity index (χ4v) is 4.40. The maximum atomic E-state index is 13.9. The summed E-state index contributed by atoms with van der Waals surface area (Å²) in [7, 11) is 0.